The standard InChI is InChI=1S/C16H24ClN3O3/c1-4-23-13-6-5-12(17)14(19-13)15(21)18-11-16(2,3)20-7-9-22-10-8-20/h5-6H,4,7-11H2,1-3H3,(H,18,21). The average molecular weight is 342 g/mol. The smallest absolute Gasteiger partial charge is 0.271 e. The van der Waals surface area contributed by atoms with Crippen LogP contribution in [0.4, 0.5) is 0 Å². The van der Waals surface area contributed by atoms with Crippen molar-refractivity contribution in [3.05, 3.63) is 22.8 Å². The fourth-order valence-electron chi connectivity index (χ4n) is 2.47. The van der Waals surface area contributed by atoms with Gasteiger partial charge in [0.1, 0.15) is 0 Å². The van der Waals surface area contributed by atoms with Crippen molar-refractivity contribution in [2.24, 2.45) is 0 Å². The van der Waals surface area contributed by atoms with Crippen molar-refractivity contribution < 1.29 is 14.3 Å². The molecule has 1 aromatic heterocycles. The molecule has 6 nitrogen and oxygen atoms in total. The van der Waals surface area contributed by atoms with Gasteiger partial charge in [-0.1, -0.05) is 11.6 Å². The van der Waals surface area contributed by atoms with Crippen LogP contribution in [0, 0.1) is 0 Å². The quantitative estimate of drug-likeness (QED) is 0.857. The van der Waals surface area contributed by atoms with E-state index in [0.29, 0.717) is 24.1 Å². The van der Waals surface area contributed by atoms with E-state index in [1.165, 1.54) is 0 Å². The predicted octanol–water partition coefficient (Wildman–Crippen LogP) is 1.97. The Kier molecular flexibility index (Phi) is 6.21. The van der Waals surface area contributed by atoms with Crippen LogP contribution in [0.3, 0.4) is 0 Å². The van der Waals surface area contributed by atoms with Gasteiger partial charge >= 0.3 is 0 Å². The minimum Gasteiger partial charge on any atom is -0.478 e. The van der Waals surface area contributed by atoms with Crippen molar-refractivity contribution in [3.8, 4) is 5.88 Å². The molecule has 2 heterocycles. The molecule has 0 aliphatic carbocycles. The third-order valence-electron chi connectivity index (χ3n) is 3.88. The molecule has 0 bridgehead atoms. The number of nitrogens with one attached hydrogen (secondary N) is 1. The third kappa shape index (κ3) is 4.80. The van der Waals surface area contributed by atoms with Crippen LogP contribution in [0.5, 0.6) is 5.88 Å². The first-order chi connectivity index (χ1) is 10.9. The van der Waals surface area contributed by atoms with E-state index in [4.69, 9.17) is 21.1 Å². The lowest BCUT2D eigenvalue weighted by atomic mass is 10.0. The van der Waals surface area contributed by atoms with Crippen LogP contribution in [0.2, 0.25) is 5.02 Å². The zero-order chi connectivity index (χ0) is 16.9. The number of halogens is 1. The number of carbonyl (C=O) groups excluding carboxylic acids is 1. The summed E-state index contributed by atoms with van der Waals surface area (Å²) in [5.41, 5.74) is 0.0269. The van der Waals surface area contributed by atoms with Gasteiger partial charge in [0.05, 0.1) is 24.8 Å². The Hall–Kier alpha value is -1.37. The minimum atomic E-state index is -0.294. The van der Waals surface area contributed by atoms with E-state index < -0.39 is 0 Å². The lowest BCUT2D eigenvalue weighted by Crippen LogP contribution is -2.55. The summed E-state index contributed by atoms with van der Waals surface area (Å²) < 4.78 is 10.7. The Balaban J connectivity index is 1.99. The number of rotatable bonds is 6. The van der Waals surface area contributed by atoms with Gasteiger partial charge in [-0.2, -0.15) is 0 Å². The first kappa shape index (κ1) is 18.0. The van der Waals surface area contributed by atoms with Crippen LogP contribution < -0.4 is 10.1 Å². The van der Waals surface area contributed by atoms with Crippen molar-refractivity contribution in [1.29, 1.82) is 0 Å². The molecule has 1 N–H and O–H groups in total. The van der Waals surface area contributed by atoms with Crippen molar-refractivity contribution in [1.82, 2.24) is 15.2 Å². The first-order valence-electron chi connectivity index (χ1n) is 7.84. The molecular weight excluding hydrogens is 318 g/mol. The van der Waals surface area contributed by atoms with Crippen molar-refractivity contribution >= 4 is 17.5 Å². The third-order valence-corrected chi connectivity index (χ3v) is 4.18. The van der Waals surface area contributed by atoms with E-state index in [2.05, 4.69) is 29.0 Å². The number of amides is 1. The van der Waals surface area contributed by atoms with E-state index in [0.717, 1.165) is 26.3 Å². The van der Waals surface area contributed by atoms with E-state index >= 15 is 0 Å². The summed E-state index contributed by atoms with van der Waals surface area (Å²) in [4.78, 5) is 18.9. The number of hydrogen-bond acceptors (Lipinski definition) is 5. The Labute approximate surface area is 142 Å². The van der Waals surface area contributed by atoms with E-state index in [-0.39, 0.29) is 17.1 Å². The highest BCUT2D eigenvalue weighted by molar-refractivity contribution is 6.33. The van der Waals surface area contributed by atoms with Gasteiger partial charge in [-0.15, -0.1) is 0 Å². The zero-order valence-corrected chi connectivity index (χ0v) is 14.7. The number of hydrogen-bond donors (Lipinski definition) is 1. The molecule has 23 heavy (non-hydrogen) atoms. The fourth-order valence-corrected chi connectivity index (χ4v) is 2.66. The lowest BCUT2D eigenvalue weighted by Gasteiger charge is -2.40. The Morgan fingerprint density at radius 3 is 2.78 bits per heavy atom. The van der Waals surface area contributed by atoms with Gasteiger partial charge in [0, 0.05) is 31.2 Å². The van der Waals surface area contributed by atoms with Gasteiger partial charge in [-0.25, -0.2) is 4.98 Å². The molecule has 1 amide bonds. The number of ether oxygens (including phenoxy) is 2. The van der Waals surface area contributed by atoms with Crippen LogP contribution in [-0.4, -0.2) is 60.8 Å². The van der Waals surface area contributed by atoms with Crippen LogP contribution >= 0.6 is 11.6 Å². The van der Waals surface area contributed by atoms with Gasteiger partial charge in [0.15, 0.2) is 5.69 Å². The summed E-state index contributed by atoms with van der Waals surface area (Å²) in [6, 6.07) is 3.28. The molecule has 0 atom stereocenters. The molecule has 1 aromatic rings. The van der Waals surface area contributed by atoms with Gasteiger partial charge in [-0.3, -0.25) is 9.69 Å². The molecule has 1 fully saturated rings. The zero-order valence-electron chi connectivity index (χ0n) is 13.9. The van der Waals surface area contributed by atoms with Gasteiger partial charge in [0.25, 0.3) is 5.91 Å². The highest BCUT2D eigenvalue weighted by Crippen LogP contribution is 2.19. The second kappa shape index (κ2) is 7.95. The molecule has 2 rings (SSSR count). The van der Waals surface area contributed by atoms with Crippen LogP contribution in [-0.2, 0) is 4.74 Å². The molecule has 0 unspecified atom stereocenters. The number of pyridine rings is 1. The van der Waals surface area contributed by atoms with Gasteiger partial charge in [0.2, 0.25) is 5.88 Å². The molecule has 1 saturated heterocycles. The average Bonchev–Trinajstić information content (AvgIpc) is 2.55. The maximum Gasteiger partial charge on any atom is 0.271 e. The normalized spacial score (nSPS) is 16.2. The Morgan fingerprint density at radius 1 is 1.43 bits per heavy atom. The molecule has 128 valence electrons. The molecule has 0 aromatic carbocycles. The fraction of sp³-hybridized carbons (Fsp3) is 0.625. The van der Waals surface area contributed by atoms with Crippen LogP contribution in [0.1, 0.15) is 31.3 Å². The van der Waals surface area contributed by atoms with Crippen LogP contribution in [0.15, 0.2) is 12.1 Å². The number of morpholine rings is 1. The van der Waals surface area contributed by atoms with Crippen molar-refractivity contribution in [3.63, 3.8) is 0 Å². The molecule has 1 aliphatic rings. The summed E-state index contributed by atoms with van der Waals surface area (Å²) in [5, 5.41) is 3.24. The molecular formula is C16H24ClN3O3. The highest BCUT2D eigenvalue weighted by Gasteiger charge is 2.29. The van der Waals surface area contributed by atoms with Crippen molar-refractivity contribution in [2.75, 3.05) is 39.5 Å². The van der Waals surface area contributed by atoms with E-state index in [1.54, 1.807) is 12.1 Å². The highest BCUT2D eigenvalue weighted by atomic mass is 35.5. The molecule has 0 spiro atoms. The summed E-state index contributed by atoms with van der Waals surface area (Å²) in [5.74, 6) is 0.104. The molecule has 0 radical (unpaired) electrons. The topological polar surface area (TPSA) is 63.7 Å². The van der Waals surface area contributed by atoms with E-state index in [1.807, 2.05) is 6.92 Å². The second-order valence-electron chi connectivity index (χ2n) is 6.01. The van der Waals surface area contributed by atoms with Gasteiger partial charge < -0.3 is 14.8 Å². The largest absolute Gasteiger partial charge is 0.478 e. The monoisotopic (exact) mass is 341 g/mol. The summed E-state index contributed by atoms with van der Waals surface area (Å²) in [7, 11) is 0. The summed E-state index contributed by atoms with van der Waals surface area (Å²) >= 11 is 6.08. The summed E-state index contributed by atoms with van der Waals surface area (Å²) in [6.45, 7) is 10.2. The van der Waals surface area contributed by atoms with E-state index in [9.17, 15) is 4.79 Å². The molecule has 7 heteroatoms. The first-order valence-corrected chi connectivity index (χ1v) is 8.22. The number of aromatic nitrogens is 1. The number of nitrogens with zero attached hydrogens (tertiary/aromatic N) is 2. The van der Waals surface area contributed by atoms with Gasteiger partial charge in [-0.05, 0) is 26.8 Å². The minimum absolute atomic E-state index is 0.163. The Bertz CT molecular complexity index is 545. The van der Waals surface area contributed by atoms with Crippen LogP contribution in [0.25, 0.3) is 0 Å². The number of carbonyl (C=O) groups is 1. The SMILES string of the molecule is CCOc1ccc(Cl)c(C(=O)NCC(C)(C)N2CCOCC2)n1. The lowest BCUT2D eigenvalue weighted by molar-refractivity contribution is -0.00924. The van der Waals surface area contributed by atoms with Crippen molar-refractivity contribution in [2.45, 2.75) is 26.3 Å². The Morgan fingerprint density at radius 2 is 2.13 bits per heavy atom. The second-order valence-corrected chi connectivity index (χ2v) is 6.41. The predicted molar refractivity (Wildman–Crippen MR) is 89.2 cm³/mol. The maximum atomic E-state index is 12.4. The summed E-state index contributed by atoms with van der Waals surface area (Å²) in [6.07, 6.45) is 0. The molecule has 0 saturated carbocycles. The maximum absolute atomic E-state index is 12.4. The molecule has 1 aliphatic heterocycles.